The topological polar surface area (TPSA) is 562 Å². The Morgan fingerprint density at radius 2 is 0.702 bits per heavy atom. The minimum atomic E-state index is -2.25. The fraction of sp³-hybridized carbons (Fsp3) is 0.936. The van der Waals surface area contributed by atoms with E-state index < -0.39 is 254 Å². The highest BCUT2D eigenvalue weighted by Crippen LogP contribution is 2.37. The van der Waals surface area contributed by atoms with Crippen LogP contribution in [0.4, 0.5) is 0 Å². The summed E-state index contributed by atoms with van der Waals surface area (Å²) < 4.78 is 71.0. The summed E-state index contributed by atoms with van der Waals surface area (Å²) in [5.41, 5.74) is 0. The molecule has 21 N–H and O–H groups in total. The second-order valence-corrected chi connectivity index (χ2v) is 31.4. The number of ether oxygens (including phenoxy) is 12. The second-order valence-electron chi connectivity index (χ2n) is 31.4. The SMILES string of the molecule is CCCCCCCCCCCCC/C=C/[C@@H](O)[C@H](CO[C@@H]1OC(CO)[C@@H](O[C@@H]2OC(CO[C@@H]3OC(CO)[C@@H](O[C@@H]4OC(CO)[C@H](O[C@@H]5OC(CO)[C@H](O)[C@H](O)C5NC(C)=O)[C@H](O)C4O)[C@H](O)C3NC(C)=O)[C@H](O)[C@H](O[C@H]3OC(CO)[C@H](O)[C@H](O)C3O)C2O)[C@H](O)C1O)NC(=O)CCCCCCCCCCCCCCCCCCC. The van der Waals surface area contributed by atoms with Crippen molar-refractivity contribution < 1.29 is 163 Å². The Kier molecular flexibility index (Phi) is 47.0. The highest BCUT2D eigenvalue weighted by molar-refractivity contribution is 5.76. The average Bonchev–Trinajstić information content (AvgIpc) is 0.778. The lowest BCUT2D eigenvalue weighted by atomic mass is 9.94. The maximum Gasteiger partial charge on any atom is 0.220 e. The van der Waals surface area contributed by atoms with E-state index >= 15 is 0 Å². The summed E-state index contributed by atoms with van der Waals surface area (Å²) in [6.07, 6.45) is -18.0. The molecule has 6 aliphatic heterocycles. The third-order valence-corrected chi connectivity index (χ3v) is 22.2. The summed E-state index contributed by atoms with van der Waals surface area (Å²) in [5, 5.41) is 208. The molecule has 12 unspecified atom stereocenters. The number of carbonyl (C=O) groups is 3. The van der Waals surface area contributed by atoms with E-state index in [-0.39, 0.29) is 12.3 Å². The van der Waals surface area contributed by atoms with E-state index in [9.17, 15) is 106 Å². The van der Waals surface area contributed by atoms with Gasteiger partial charge >= 0.3 is 0 Å². The van der Waals surface area contributed by atoms with Gasteiger partial charge in [0.25, 0.3) is 0 Å². The van der Waals surface area contributed by atoms with Crippen molar-refractivity contribution >= 4 is 17.7 Å². The number of nitrogens with one attached hydrogen (secondary N) is 3. The molecule has 0 aromatic carbocycles. The molecule has 0 bridgehead atoms. The van der Waals surface area contributed by atoms with Gasteiger partial charge in [0.15, 0.2) is 37.7 Å². The number of hydrogen-bond acceptors (Lipinski definition) is 33. The first-order valence-corrected chi connectivity index (χ1v) is 42.0. The maximum atomic E-state index is 13.6. The van der Waals surface area contributed by atoms with Gasteiger partial charge < -0.3 is 165 Å². The van der Waals surface area contributed by atoms with Crippen LogP contribution in [0.3, 0.4) is 0 Å². The Labute approximate surface area is 669 Å². The van der Waals surface area contributed by atoms with Gasteiger partial charge in [0.1, 0.15) is 146 Å². The molecular weight excluding hydrogens is 1510 g/mol. The zero-order valence-electron chi connectivity index (χ0n) is 67.0. The van der Waals surface area contributed by atoms with Crippen molar-refractivity contribution in [1.82, 2.24) is 16.0 Å². The van der Waals surface area contributed by atoms with Crippen LogP contribution < -0.4 is 16.0 Å². The Morgan fingerprint density at radius 3 is 1.17 bits per heavy atom. The average molecular weight is 1650 g/mol. The molecule has 6 rings (SSSR count). The minimum absolute atomic E-state index is 0.158. The molecule has 6 aliphatic rings. The summed E-state index contributed by atoms with van der Waals surface area (Å²) in [5.74, 6) is -1.92. The Balaban J connectivity index is 1.12. The molecule has 36 heteroatoms. The number of aliphatic hydroxyl groups excluding tert-OH is 18. The first kappa shape index (κ1) is 99.8. The lowest BCUT2D eigenvalue weighted by Crippen LogP contribution is -2.69. The van der Waals surface area contributed by atoms with Gasteiger partial charge in [-0.15, -0.1) is 0 Å². The van der Waals surface area contributed by atoms with Crippen molar-refractivity contribution in [3.8, 4) is 0 Å². The van der Waals surface area contributed by atoms with Crippen LogP contribution in [0.2, 0.25) is 0 Å². The third-order valence-electron chi connectivity index (χ3n) is 22.2. The molecule has 3 amide bonds. The predicted octanol–water partition coefficient (Wildman–Crippen LogP) is -1.64. The molecule has 666 valence electrons. The van der Waals surface area contributed by atoms with Crippen molar-refractivity contribution in [3.63, 3.8) is 0 Å². The van der Waals surface area contributed by atoms with Crippen LogP contribution in [0.5, 0.6) is 0 Å². The van der Waals surface area contributed by atoms with Crippen molar-refractivity contribution in [2.45, 2.75) is 417 Å². The molecule has 0 aromatic heterocycles. The van der Waals surface area contributed by atoms with Gasteiger partial charge in [0.05, 0.1) is 58.4 Å². The van der Waals surface area contributed by atoms with Gasteiger partial charge in [-0.05, 0) is 19.3 Å². The van der Waals surface area contributed by atoms with Gasteiger partial charge in [0, 0.05) is 20.3 Å². The first-order chi connectivity index (χ1) is 54.8. The third kappa shape index (κ3) is 30.8. The Hall–Kier alpha value is -3.05. The molecule has 0 aromatic rings. The van der Waals surface area contributed by atoms with E-state index in [4.69, 9.17) is 56.8 Å². The summed E-state index contributed by atoms with van der Waals surface area (Å²) in [6, 6.07) is -4.39. The van der Waals surface area contributed by atoms with Crippen LogP contribution in [-0.2, 0) is 71.2 Å². The molecule has 114 heavy (non-hydrogen) atoms. The normalized spacial score (nSPS) is 36.8. The second kappa shape index (κ2) is 53.7. The first-order valence-electron chi connectivity index (χ1n) is 42.0. The highest BCUT2D eigenvalue weighted by atomic mass is 16.8. The number of rotatable bonds is 54. The number of unbranched alkanes of at least 4 members (excludes halogenated alkanes) is 27. The lowest BCUT2D eigenvalue weighted by molar-refractivity contribution is -0.385. The zero-order valence-corrected chi connectivity index (χ0v) is 67.0. The summed E-state index contributed by atoms with van der Waals surface area (Å²) in [7, 11) is 0. The quantitative estimate of drug-likeness (QED) is 0.0240. The lowest BCUT2D eigenvalue weighted by Gasteiger charge is -2.49. The smallest absolute Gasteiger partial charge is 0.220 e. The van der Waals surface area contributed by atoms with Gasteiger partial charge in [-0.1, -0.05) is 193 Å². The van der Waals surface area contributed by atoms with E-state index in [2.05, 4.69) is 29.8 Å². The molecule has 6 heterocycles. The van der Waals surface area contributed by atoms with E-state index in [1.54, 1.807) is 6.08 Å². The molecule has 0 aliphatic carbocycles. The highest BCUT2D eigenvalue weighted by Gasteiger charge is 2.58. The number of amides is 3. The van der Waals surface area contributed by atoms with Crippen LogP contribution in [0.15, 0.2) is 12.2 Å². The fourth-order valence-electron chi connectivity index (χ4n) is 15.4. The van der Waals surface area contributed by atoms with Gasteiger partial charge in [-0.25, -0.2) is 0 Å². The van der Waals surface area contributed by atoms with E-state index in [1.807, 2.05) is 6.08 Å². The summed E-state index contributed by atoms with van der Waals surface area (Å²) in [6.45, 7) is 0.321. The van der Waals surface area contributed by atoms with Crippen molar-refractivity contribution in [1.29, 1.82) is 0 Å². The largest absolute Gasteiger partial charge is 0.394 e. The fourth-order valence-corrected chi connectivity index (χ4v) is 15.4. The Bertz CT molecular complexity index is 2630. The van der Waals surface area contributed by atoms with Crippen LogP contribution in [0.25, 0.3) is 0 Å². The van der Waals surface area contributed by atoms with E-state index in [0.29, 0.717) is 12.8 Å². The summed E-state index contributed by atoms with van der Waals surface area (Å²) in [4.78, 5) is 38.6. The maximum absolute atomic E-state index is 13.6. The molecule has 32 atom stereocenters. The molecule has 0 radical (unpaired) electrons. The molecule has 6 saturated heterocycles. The monoisotopic (exact) mass is 1650 g/mol. The Morgan fingerprint density at radius 1 is 0.351 bits per heavy atom. The standard InChI is InChI=1S/C78H141N3O33/c1-5-7-9-11-13-15-17-19-20-21-22-24-26-28-30-32-34-36-54(90)81-46(47(89)35-33-31-29-27-25-23-18-16-14-12-10-8-6-2)42-103-75-66(100)63(97)71(51(40-85)108-75)113-78-68(102)72(114-76-65(99)62(96)58(92)49(38-83)106-76)59(93)53(110-78)43-104-73-56(80-45(4)88)61(95)69(50(39-84)107-73)112-77-67(101)64(98)70(52(41-86)109-77)111-74-55(79-44(3)87)60(94)57(91)48(37-82)105-74/h33,35,46-53,55-78,82-86,89,91-102H,5-32,34,36-43H2,1-4H3,(H,79,87)(H,80,88)(H,81,90)/b35-33+/t46-,47+,48?,49?,50?,51?,52?,53?,55?,56?,57-,58-,59-,60+,61+,62-,63+,64+,65?,66?,67?,68?,69+,70-,71+,72-,73+,74-,75+,76+,77-,78-/m0/s1. The van der Waals surface area contributed by atoms with Gasteiger partial charge in [0.2, 0.25) is 17.7 Å². The van der Waals surface area contributed by atoms with Crippen LogP contribution in [0, 0.1) is 0 Å². The van der Waals surface area contributed by atoms with E-state index in [1.165, 1.54) is 122 Å². The zero-order chi connectivity index (χ0) is 83.4. The number of hydrogen-bond donors (Lipinski definition) is 21. The van der Waals surface area contributed by atoms with Crippen molar-refractivity contribution in [3.05, 3.63) is 12.2 Å². The minimum Gasteiger partial charge on any atom is -0.394 e. The summed E-state index contributed by atoms with van der Waals surface area (Å²) >= 11 is 0. The van der Waals surface area contributed by atoms with Crippen LogP contribution in [-0.4, -0.2) is 352 Å². The molecule has 36 nitrogen and oxygen atoms in total. The van der Waals surface area contributed by atoms with Gasteiger partial charge in [-0.3, -0.25) is 14.4 Å². The molecule has 0 saturated carbocycles. The number of allylic oxidation sites excluding steroid dienone is 1. The number of aliphatic hydroxyl groups is 18. The predicted molar refractivity (Wildman–Crippen MR) is 403 cm³/mol. The van der Waals surface area contributed by atoms with E-state index in [0.717, 1.165) is 65.2 Å². The van der Waals surface area contributed by atoms with Crippen LogP contribution in [0.1, 0.15) is 220 Å². The van der Waals surface area contributed by atoms with Gasteiger partial charge in [-0.2, -0.15) is 0 Å². The number of carbonyl (C=O) groups excluding carboxylic acids is 3. The molecule has 6 fully saturated rings. The van der Waals surface area contributed by atoms with Crippen LogP contribution >= 0.6 is 0 Å². The van der Waals surface area contributed by atoms with Crippen molar-refractivity contribution in [2.75, 3.05) is 46.2 Å². The molecule has 0 spiro atoms. The molecular formula is C78H141N3O33. The van der Waals surface area contributed by atoms with Crippen molar-refractivity contribution in [2.24, 2.45) is 0 Å².